The summed E-state index contributed by atoms with van der Waals surface area (Å²) >= 11 is 1.54. The number of sulfonamides is 1. The van der Waals surface area contributed by atoms with Crippen LogP contribution in [-0.2, 0) is 22.9 Å². The van der Waals surface area contributed by atoms with Gasteiger partial charge < -0.3 is 4.90 Å². The summed E-state index contributed by atoms with van der Waals surface area (Å²) < 4.78 is 22.3. The standard InChI is InChI=1S/C14H20N2O3S2/c15-21(18,19)9-10-5-6-16(7-10)14(17)13-12-4-2-1-3-11(12)8-20-13/h8,10H,1-7,9H2,(H2,15,18,19)/t10-/m1/s1. The molecule has 2 heterocycles. The van der Waals surface area contributed by atoms with Gasteiger partial charge in [0.05, 0.1) is 10.6 Å². The first-order valence-electron chi connectivity index (χ1n) is 7.33. The van der Waals surface area contributed by atoms with E-state index in [0.717, 1.165) is 30.6 Å². The van der Waals surface area contributed by atoms with Crippen LogP contribution < -0.4 is 5.14 Å². The first-order chi connectivity index (χ1) is 9.94. The molecule has 1 aliphatic carbocycles. The van der Waals surface area contributed by atoms with Gasteiger partial charge in [0.15, 0.2) is 0 Å². The highest BCUT2D eigenvalue weighted by atomic mass is 32.2. The lowest BCUT2D eigenvalue weighted by Crippen LogP contribution is -2.31. The van der Waals surface area contributed by atoms with Crippen molar-refractivity contribution in [1.29, 1.82) is 0 Å². The van der Waals surface area contributed by atoms with Crippen molar-refractivity contribution in [2.45, 2.75) is 32.1 Å². The minimum atomic E-state index is -3.46. The molecule has 1 atom stereocenters. The zero-order valence-corrected chi connectivity index (χ0v) is 13.5. The van der Waals surface area contributed by atoms with Crippen LogP contribution in [0.25, 0.3) is 0 Å². The van der Waals surface area contributed by atoms with E-state index >= 15 is 0 Å². The quantitative estimate of drug-likeness (QED) is 0.910. The summed E-state index contributed by atoms with van der Waals surface area (Å²) in [5.74, 6) is 0.0130. The summed E-state index contributed by atoms with van der Waals surface area (Å²) in [4.78, 5) is 15.3. The maximum atomic E-state index is 12.6. The third-order valence-electron chi connectivity index (χ3n) is 4.34. The van der Waals surface area contributed by atoms with E-state index in [4.69, 9.17) is 5.14 Å². The van der Waals surface area contributed by atoms with Crippen LogP contribution in [0, 0.1) is 5.92 Å². The maximum Gasteiger partial charge on any atom is 0.264 e. The summed E-state index contributed by atoms with van der Waals surface area (Å²) in [6.45, 7) is 1.13. The van der Waals surface area contributed by atoms with E-state index in [1.54, 1.807) is 16.2 Å². The average molecular weight is 328 g/mol. The Labute approximate surface area is 129 Å². The Morgan fingerprint density at radius 1 is 1.38 bits per heavy atom. The van der Waals surface area contributed by atoms with Crippen LogP contribution in [0.5, 0.6) is 0 Å². The van der Waals surface area contributed by atoms with Crippen LogP contribution in [0.3, 0.4) is 0 Å². The monoisotopic (exact) mass is 328 g/mol. The molecule has 1 fully saturated rings. The third kappa shape index (κ3) is 3.30. The Morgan fingerprint density at radius 3 is 2.90 bits per heavy atom. The number of fused-ring (bicyclic) bond motifs is 1. The number of hydrogen-bond donors (Lipinski definition) is 1. The zero-order valence-electron chi connectivity index (χ0n) is 11.9. The van der Waals surface area contributed by atoms with Gasteiger partial charge in [-0.3, -0.25) is 4.79 Å². The van der Waals surface area contributed by atoms with Gasteiger partial charge in [-0.05, 0) is 54.5 Å². The lowest BCUT2D eigenvalue weighted by molar-refractivity contribution is 0.0791. The second-order valence-electron chi connectivity index (χ2n) is 6.01. The van der Waals surface area contributed by atoms with Crippen LogP contribution in [-0.4, -0.2) is 38.1 Å². The maximum absolute atomic E-state index is 12.6. The number of rotatable bonds is 3. The zero-order chi connectivity index (χ0) is 15.0. The van der Waals surface area contributed by atoms with E-state index in [-0.39, 0.29) is 17.6 Å². The van der Waals surface area contributed by atoms with E-state index in [9.17, 15) is 13.2 Å². The summed E-state index contributed by atoms with van der Waals surface area (Å²) in [5, 5.41) is 7.20. The van der Waals surface area contributed by atoms with Gasteiger partial charge in [-0.1, -0.05) is 0 Å². The van der Waals surface area contributed by atoms with E-state index in [2.05, 4.69) is 5.38 Å². The molecule has 1 aromatic rings. The fourth-order valence-corrected chi connectivity index (χ4v) is 5.38. The topological polar surface area (TPSA) is 80.5 Å². The first-order valence-corrected chi connectivity index (χ1v) is 9.92. The van der Waals surface area contributed by atoms with Crippen molar-refractivity contribution >= 4 is 27.3 Å². The Kier molecular flexibility index (Phi) is 4.07. The lowest BCUT2D eigenvalue weighted by Gasteiger charge is -2.18. The molecule has 0 radical (unpaired) electrons. The van der Waals surface area contributed by atoms with Crippen molar-refractivity contribution in [3.8, 4) is 0 Å². The second-order valence-corrected chi connectivity index (χ2v) is 8.55. The molecule has 0 aromatic carbocycles. The van der Waals surface area contributed by atoms with Crippen LogP contribution in [0.1, 0.15) is 40.1 Å². The number of nitrogens with zero attached hydrogens (tertiary/aromatic N) is 1. The molecule has 3 rings (SSSR count). The van der Waals surface area contributed by atoms with Crippen LogP contribution in [0.2, 0.25) is 0 Å². The number of thiophene rings is 1. The fourth-order valence-electron chi connectivity index (χ4n) is 3.32. The molecular formula is C14H20N2O3S2. The number of hydrogen-bond acceptors (Lipinski definition) is 4. The fraction of sp³-hybridized carbons (Fsp3) is 0.643. The molecule has 1 amide bonds. The highest BCUT2D eigenvalue weighted by Gasteiger charge is 2.31. The van der Waals surface area contributed by atoms with Crippen molar-refractivity contribution in [3.05, 3.63) is 21.4 Å². The number of likely N-dealkylation sites (tertiary alicyclic amines) is 1. The van der Waals surface area contributed by atoms with Crippen molar-refractivity contribution in [1.82, 2.24) is 4.90 Å². The van der Waals surface area contributed by atoms with Crippen molar-refractivity contribution in [2.24, 2.45) is 11.1 Å². The van der Waals surface area contributed by atoms with Gasteiger partial charge in [-0.15, -0.1) is 11.3 Å². The van der Waals surface area contributed by atoms with Crippen molar-refractivity contribution in [2.75, 3.05) is 18.8 Å². The van der Waals surface area contributed by atoms with Crippen molar-refractivity contribution in [3.63, 3.8) is 0 Å². The number of carbonyl (C=O) groups excluding carboxylic acids is 1. The van der Waals surface area contributed by atoms with Crippen molar-refractivity contribution < 1.29 is 13.2 Å². The van der Waals surface area contributed by atoms with E-state index in [1.165, 1.54) is 17.5 Å². The Balaban J connectivity index is 1.71. The highest BCUT2D eigenvalue weighted by molar-refractivity contribution is 7.89. The molecule has 0 unspecified atom stereocenters. The summed E-state index contributed by atoms with van der Waals surface area (Å²) in [7, 11) is -3.46. The van der Waals surface area contributed by atoms with Gasteiger partial charge in [-0.2, -0.15) is 0 Å². The molecular weight excluding hydrogens is 308 g/mol. The average Bonchev–Trinajstić information content (AvgIpc) is 3.02. The van der Waals surface area contributed by atoms with Crippen LogP contribution in [0.4, 0.5) is 0 Å². The molecule has 1 aliphatic heterocycles. The predicted octanol–water partition coefficient (Wildman–Crippen LogP) is 1.38. The summed E-state index contributed by atoms with van der Waals surface area (Å²) in [5.41, 5.74) is 2.56. The predicted molar refractivity (Wildman–Crippen MR) is 82.9 cm³/mol. The second kappa shape index (κ2) is 5.70. The number of aryl methyl sites for hydroxylation is 1. The SMILES string of the molecule is NS(=O)(=O)C[C@@H]1CCN(C(=O)c2scc3c2CCCC3)C1. The van der Waals surface area contributed by atoms with E-state index in [0.29, 0.717) is 13.1 Å². The minimum absolute atomic E-state index is 0.0280. The molecule has 0 spiro atoms. The highest BCUT2D eigenvalue weighted by Crippen LogP contribution is 2.32. The van der Waals surface area contributed by atoms with Crippen LogP contribution >= 0.6 is 11.3 Å². The van der Waals surface area contributed by atoms with Gasteiger partial charge in [-0.25, -0.2) is 13.6 Å². The Hall–Kier alpha value is -0.920. The largest absolute Gasteiger partial charge is 0.338 e. The van der Waals surface area contributed by atoms with Gasteiger partial charge in [0.1, 0.15) is 0 Å². The van der Waals surface area contributed by atoms with Gasteiger partial charge in [0, 0.05) is 13.1 Å². The smallest absolute Gasteiger partial charge is 0.264 e. The summed E-state index contributed by atoms with van der Waals surface area (Å²) in [6, 6.07) is 0. The molecule has 2 aliphatic rings. The molecule has 7 heteroatoms. The van der Waals surface area contributed by atoms with Gasteiger partial charge in [0.2, 0.25) is 10.0 Å². The number of carbonyl (C=O) groups is 1. The van der Waals surface area contributed by atoms with Gasteiger partial charge in [0.25, 0.3) is 5.91 Å². The van der Waals surface area contributed by atoms with E-state index in [1.807, 2.05) is 0 Å². The molecule has 116 valence electrons. The van der Waals surface area contributed by atoms with E-state index < -0.39 is 10.0 Å². The molecule has 5 nitrogen and oxygen atoms in total. The Bertz CT molecular complexity index is 651. The first kappa shape index (κ1) is 15.0. The normalized spacial score (nSPS) is 22.3. The van der Waals surface area contributed by atoms with Crippen LogP contribution in [0.15, 0.2) is 5.38 Å². The molecule has 2 N–H and O–H groups in total. The molecule has 21 heavy (non-hydrogen) atoms. The molecule has 1 aromatic heterocycles. The summed E-state index contributed by atoms with van der Waals surface area (Å²) in [6.07, 6.45) is 5.15. The number of amides is 1. The lowest BCUT2D eigenvalue weighted by atomic mass is 9.94. The van der Waals surface area contributed by atoms with Gasteiger partial charge >= 0.3 is 0 Å². The molecule has 1 saturated heterocycles. The molecule has 0 bridgehead atoms. The third-order valence-corrected chi connectivity index (χ3v) is 6.33. The minimum Gasteiger partial charge on any atom is -0.338 e. The number of primary sulfonamides is 1. The Morgan fingerprint density at radius 2 is 2.14 bits per heavy atom. The molecule has 0 saturated carbocycles. The number of nitrogens with two attached hydrogens (primary N) is 1.